The van der Waals surface area contributed by atoms with E-state index in [1.165, 1.54) is 64.2 Å². The third-order valence-electron chi connectivity index (χ3n) is 5.82. The van der Waals surface area contributed by atoms with Gasteiger partial charge in [0.2, 0.25) is 0 Å². The minimum atomic E-state index is -1.94. The van der Waals surface area contributed by atoms with Crippen molar-refractivity contribution in [2.45, 2.75) is 136 Å². The number of unbranched alkanes of at least 4 members (excludes halogenated alkanes) is 11. The molecule has 0 saturated carbocycles. The fourth-order valence-electron chi connectivity index (χ4n) is 2.83. The molecule has 0 fully saturated rings. The Balaban J connectivity index is 3.49. The van der Waals surface area contributed by atoms with Gasteiger partial charge in [0.15, 0.2) is 0 Å². The van der Waals surface area contributed by atoms with Crippen molar-refractivity contribution in [1.29, 1.82) is 0 Å². The molecule has 0 aliphatic heterocycles. The molecule has 0 spiro atoms. The van der Waals surface area contributed by atoms with Crippen LogP contribution in [0, 0.1) is 0 Å². The van der Waals surface area contributed by atoms with E-state index in [0.717, 1.165) is 19.3 Å². The number of hydrogen-bond donors (Lipinski definition) is 0. The molecule has 0 rings (SSSR count). The molecule has 3 heteroatoms. The van der Waals surface area contributed by atoms with Crippen LogP contribution in [-0.2, 0) is 9.22 Å². The Hall–Kier alpha value is -0.573. The first-order chi connectivity index (χ1) is 12.7. The molecule has 0 aliphatic carbocycles. The van der Waals surface area contributed by atoms with E-state index >= 15 is 0 Å². The quantitative estimate of drug-likeness (QED) is 0.148. The van der Waals surface area contributed by atoms with E-state index < -0.39 is 8.32 Å². The fourth-order valence-corrected chi connectivity index (χ4v) is 3.81. The summed E-state index contributed by atoms with van der Waals surface area (Å²) in [4.78, 5) is 12.0. The molecule has 0 aromatic heterocycles. The summed E-state index contributed by atoms with van der Waals surface area (Å²) in [7, 11) is -1.94. The summed E-state index contributed by atoms with van der Waals surface area (Å²) in [6, 6.07) is 0. The third kappa shape index (κ3) is 15.1. The van der Waals surface area contributed by atoms with Crippen molar-refractivity contribution in [2.75, 3.05) is 0 Å². The highest BCUT2D eigenvalue weighted by molar-refractivity contribution is 6.75. The molecule has 0 unspecified atom stereocenters. The Morgan fingerprint density at radius 1 is 0.778 bits per heavy atom. The van der Waals surface area contributed by atoms with E-state index in [0.29, 0.717) is 6.42 Å². The molecular formula is C24H48O2Si. The molecule has 0 aromatic carbocycles. The topological polar surface area (TPSA) is 26.3 Å². The lowest BCUT2D eigenvalue weighted by Crippen LogP contribution is -2.42. The van der Waals surface area contributed by atoms with Gasteiger partial charge in [-0.1, -0.05) is 91.2 Å². The van der Waals surface area contributed by atoms with Crippen molar-refractivity contribution in [3.8, 4) is 0 Å². The van der Waals surface area contributed by atoms with E-state index in [-0.39, 0.29) is 11.0 Å². The third-order valence-corrected chi connectivity index (χ3v) is 10.2. The maximum atomic E-state index is 12.0. The number of rotatable bonds is 16. The van der Waals surface area contributed by atoms with Crippen LogP contribution in [0.15, 0.2) is 12.2 Å². The zero-order chi connectivity index (χ0) is 20.6. The Kier molecular flexibility index (Phi) is 15.0. The standard InChI is InChI=1S/C24H48O2Si/c1-7-8-9-10-11-12-13-14-15-16-17-18-19-20-21-22-23(25)26-27(5,6)24(2,3)4/h17-18H,7-16,19-22H2,1-6H3/b18-17-. The van der Waals surface area contributed by atoms with Crippen LogP contribution in [0.25, 0.3) is 0 Å². The smallest absolute Gasteiger partial charge is 0.292 e. The Bertz CT molecular complexity index is 394. The molecule has 0 aromatic rings. The molecule has 2 nitrogen and oxygen atoms in total. The van der Waals surface area contributed by atoms with Gasteiger partial charge in [-0.25, -0.2) is 0 Å². The van der Waals surface area contributed by atoms with Crippen LogP contribution in [0.3, 0.4) is 0 Å². The molecule has 0 heterocycles. The summed E-state index contributed by atoms with van der Waals surface area (Å²) in [5.41, 5.74) is 0. The van der Waals surface area contributed by atoms with Crippen LogP contribution in [-0.4, -0.2) is 14.3 Å². The highest BCUT2D eigenvalue weighted by Crippen LogP contribution is 2.36. The molecule has 0 N–H and O–H groups in total. The van der Waals surface area contributed by atoms with Gasteiger partial charge >= 0.3 is 0 Å². The van der Waals surface area contributed by atoms with E-state index in [2.05, 4.69) is 52.9 Å². The Labute approximate surface area is 171 Å². The molecule has 0 radical (unpaired) electrons. The van der Waals surface area contributed by atoms with Gasteiger partial charge in [0.05, 0.1) is 0 Å². The van der Waals surface area contributed by atoms with Crippen LogP contribution in [0.1, 0.15) is 118 Å². The molecule has 0 aliphatic rings. The molecule has 160 valence electrons. The van der Waals surface area contributed by atoms with Gasteiger partial charge in [0.1, 0.15) is 0 Å². The van der Waals surface area contributed by atoms with Gasteiger partial charge < -0.3 is 4.43 Å². The SMILES string of the molecule is CCCCCCCCCCC/C=C\CCCCC(=O)O[Si](C)(C)C(C)(C)C. The highest BCUT2D eigenvalue weighted by Gasteiger charge is 2.40. The van der Waals surface area contributed by atoms with Crippen LogP contribution >= 0.6 is 0 Å². The molecule has 27 heavy (non-hydrogen) atoms. The summed E-state index contributed by atoms with van der Waals surface area (Å²) >= 11 is 0. The van der Waals surface area contributed by atoms with E-state index in [4.69, 9.17) is 4.43 Å². The van der Waals surface area contributed by atoms with Crippen LogP contribution in [0.2, 0.25) is 18.1 Å². The lowest BCUT2D eigenvalue weighted by Gasteiger charge is -2.35. The monoisotopic (exact) mass is 396 g/mol. The fraction of sp³-hybridized carbons (Fsp3) is 0.875. The number of hydrogen-bond acceptors (Lipinski definition) is 2. The molecule has 0 bridgehead atoms. The minimum absolute atomic E-state index is 0.000246. The van der Waals surface area contributed by atoms with Gasteiger partial charge in [-0.05, 0) is 50.2 Å². The lowest BCUT2D eigenvalue weighted by molar-refractivity contribution is -0.135. The van der Waals surface area contributed by atoms with Gasteiger partial charge in [-0.2, -0.15) is 0 Å². The van der Waals surface area contributed by atoms with E-state index in [1.807, 2.05) is 0 Å². The van der Waals surface area contributed by atoms with Crippen molar-refractivity contribution in [3.63, 3.8) is 0 Å². The molecule has 0 saturated heterocycles. The van der Waals surface area contributed by atoms with Crippen molar-refractivity contribution >= 4 is 14.3 Å². The minimum Gasteiger partial charge on any atom is -0.519 e. The first-order valence-corrected chi connectivity index (χ1v) is 14.5. The van der Waals surface area contributed by atoms with Crippen molar-refractivity contribution in [1.82, 2.24) is 0 Å². The molecular weight excluding hydrogens is 348 g/mol. The number of allylic oxidation sites excluding steroid dienone is 2. The maximum absolute atomic E-state index is 12.0. The normalized spacial score (nSPS) is 12.7. The first kappa shape index (κ1) is 26.4. The summed E-state index contributed by atoms with van der Waals surface area (Å²) in [6.45, 7) is 13.1. The van der Waals surface area contributed by atoms with Crippen LogP contribution < -0.4 is 0 Å². The van der Waals surface area contributed by atoms with Gasteiger partial charge in [0.25, 0.3) is 14.3 Å². The van der Waals surface area contributed by atoms with Gasteiger partial charge in [-0.3, -0.25) is 4.79 Å². The summed E-state index contributed by atoms with van der Waals surface area (Å²) < 4.78 is 5.80. The van der Waals surface area contributed by atoms with Gasteiger partial charge in [-0.15, -0.1) is 0 Å². The second kappa shape index (κ2) is 15.4. The van der Waals surface area contributed by atoms with Gasteiger partial charge in [0, 0.05) is 6.42 Å². The zero-order valence-corrected chi connectivity index (χ0v) is 20.4. The average molecular weight is 397 g/mol. The Morgan fingerprint density at radius 2 is 1.22 bits per heavy atom. The second-order valence-electron chi connectivity index (χ2n) is 9.57. The summed E-state index contributed by atoms with van der Waals surface area (Å²) in [5.74, 6) is 0.000246. The predicted octanol–water partition coefficient (Wildman–Crippen LogP) is 8.57. The van der Waals surface area contributed by atoms with Crippen molar-refractivity contribution < 1.29 is 9.22 Å². The van der Waals surface area contributed by atoms with Crippen LogP contribution in [0.4, 0.5) is 0 Å². The zero-order valence-electron chi connectivity index (χ0n) is 19.4. The van der Waals surface area contributed by atoms with Crippen LogP contribution in [0.5, 0.6) is 0 Å². The largest absolute Gasteiger partial charge is 0.519 e. The highest BCUT2D eigenvalue weighted by atomic mass is 28.4. The second-order valence-corrected chi connectivity index (χ2v) is 14.3. The van der Waals surface area contributed by atoms with Crippen molar-refractivity contribution in [3.05, 3.63) is 12.2 Å². The lowest BCUT2D eigenvalue weighted by atomic mass is 10.1. The predicted molar refractivity (Wildman–Crippen MR) is 123 cm³/mol. The van der Waals surface area contributed by atoms with E-state index in [9.17, 15) is 4.79 Å². The summed E-state index contributed by atoms with van der Waals surface area (Å²) in [6.07, 6.45) is 22.0. The maximum Gasteiger partial charge on any atom is 0.292 e. The number of carbonyl (C=O) groups excluding carboxylic acids is 1. The summed E-state index contributed by atoms with van der Waals surface area (Å²) in [5, 5.41) is 0.0977. The molecule has 0 atom stereocenters. The van der Waals surface area contributed by atoms with E-state index in [1.54, 1.807) is 0 Å². The first-order valence-electron chi connectivity index (χ1n) is 11.6. The number of carbonyl (C=O) groups is 1. The van der Waals surface area contributed by atoms with Crippen molar-refractivity contribution in [2.24, 2.45) is 0 Å². The Morgan fingerprint density at radius 3 is 1.70 bits per heavy atom. The average Bonchev–Trinajstić information content (AvgIpc) is 2.57. The molecule has 0 amide bonds.